The summed E-state index contributed by atoms with van der Waals surface area (Å²) in [5.41, 5.74) is 1.19. The van der Waals surface area contributed by atoms with Crippen LogP contribution in [-0.2, 0) is 4.79 Å². The normalized spacial score (nSPS) is 9.90. The topological polar surface area (TPSA) is 55.4 Å². The molecule has 0 fully saturated rings. The summed E-state index contributed by atoms with van der Waals surface area (Å²) in [5, 5.41) is 2.78. The average molecular weight is 334 g/mol. The van der Waals surface area contributed by atoms with Crippen LogP contribution in [0.2, 0.25) is 0 Å². The zero-order chi connectivity index (χ0) is 14.5. The Morgan fingerprint density at radius 3 is 2.40 bits per heavy atom. The Morgan fingerprint density at radius 2 is 1.80 bits per heavy atom. The van der Waals surface area contributed by atoms with Gasteiger partial charge in [0.05, 0.1) is 0 Å². The van der Waals surface area contributed by atoms with E-state index in [1.165, 1.54) is 6.92 Å². The molecule has 5 heteroatoms. The summed E-state index contributed by atoms with van der Waals surface area (Å²) < 4.78 is 5.80. The van der Waals surface area contributed by atoms with Gasteiger partial charge in [-0.05, 0) is 42.5 Å². The van der Waals surface area contributed by atoms with Gasteiger partial charge < -0.3 is 10.1 Å². The second-order valence-corrected chi connectivity index (χ2v) is 5.00. The van der Waals surface area contributed by atoms with Crippen molar-refractivity contribution in [3.63, 3.8) is 0 Å². The number of hydrogen-bond donors (Lipinski definition) is 1. The van der Waals surface area contributed by atoms with Crippen molar-refractivity contribution < 1.29 is 14.3 Å². The Hall–Kier alpha value is -2.14. The van der Waals surface area contributed by atoms with Crippen LogP contribution in [0.3, 0.4) is 0 Å². The van der Waals surface area contributed by atoms with E-state index in [0.29, 0.717) is 17.0 Å². The van der Waals surface area contributed by atoms with Crippen molar-refractivity contribution >= 4 is 33.5 Å². The number of carbonyl (C=O) groups is 2. The van der Waals surface area contributed by atoms with Gasteiger partial charge in [0, 0.05) is 22.6 Å². The zero-order valence-electron chi connectivity index (χ0n) is 10.7. The number of amides is 1. The predicted molar refractivity (Wildman–Crippen MR) is 79.8 cm³/mol. The lowest BCUT2D eigenvalue weighted by molar-refractivity contribution is -0.131. The van der Waals surface area contributed by atoms with Gasteiger partial charge >= 0.3 is 5.97 Å². The molecule has 0 aliphatic rings. The summed E-state index contributed by atoms with van der Waals surface area (Å²) in [6.45, 7) is 1.33. The summed E-state index contributed by atoms with van der Waals surface area (Å²) in [6, 6.07) is 13.7. The van der Waals surface area contributed by atoms with Gasteiger partial charge in [0.15, 0.2) is 0 Å². The minimum absolute atomic E-state index is 0.225. The molecule has 1 N–H and O–H groups in total. The highest BCUT2D eigenvalue weighted by Crippen LogP contribution is 2.17. The monoisotopic (exact) mass is 333 g/mol. The SMILES string of the molecule is CC(=O)Oc1ccc(C(=O)Nc2cccc(Br)c2)cc1. The molecular weight excluding hydrogens is 322 g/mol. The number of ether oxygens (including phenoxy) is 1. The maximum absolute atomic E-state index is 12.0. The fraction of sp³-hybridized carbons (Fsp3) is 0.0667. The third-order valence-corrected chi connectivity index (χ3v) is 2.95. The second-order valence-electron chi connectivity index (χ2n) is 4.08. The molecule has 20 heavy (non-hydrogen) atoms. The Bertz CT molecular complexity index is 638. The number of hydrogen-bond acceptors (Lipinski definition) is 3. The number of esters is 1. The average Bonchev–Trinajstić information content (AvgIpc) is 2.38. The Kier molecular flexibility index (Phi) is 4.53. The zero-order valence-corrected chi connectivity index (χ0v) is 12.3. The number of halogens is 1. The number of rotatable bonds is 3. The van der Waals surface area contributed by atoms with Gasteiger partial charge in [0.1, 0.15) is 5.75 Å². The minimum Gasteiger partial charge on any atom is -0.427 e. The quantitative estimate of drug-likeness (QED) is 0.689. The molecule has 0 aliphatic carbocycles. The van der Waals surface area contributed by atoms with Crippen molar-refractivity contribution in [1.82, 2.24) is 0 Å². The first kappa shape index (κ1) is 14.3. The first-order chi connectivity index (χ1) is 9.54. The summed E-state index contributed by atoms with van der Waals surface area (Å²) in [6.07, 6.45) is 0. The van der Waals surface area contributed by atoms with Crippen LogP contribution in [0.15, 0.2) is 53.0 Å². The van der Waals surface area contributed by atoms with Crippen LogP contribution >= 0.6 is 15.9 Å². The molecule has 2 rings (SSSR count). The van der Waals surface area contributed by atoms with Gasteiger partial charge in [-0.2, -0.15) is 0 Å². The van der Waals surface area contributed by atoms with Gasteiger partial charge in [0.2, 0.25) is 0 Å². The van der Waals surface area contributed by atoms with Crippen molar-refractivity contribution in [3.8, 4) is 5.75 Å². The van der Waals surface area contributed by atoms with E-state index in [1.807, 2.05) is 18.2 Å². The Balaban J connectivity index is 2.07. The molecular formula is C15H12BrNO3. The molecule has 0 radical (unpaired) electrons. The number of carbonyl (C=O) groups excluding carboxylic acids is 2. The molecule has 0 saturated carbocycles. The summed E-state index contributed by atoms with van der Waals surface area (Å²) >= 11 is 3.34. The lowest BCUT2D eigenvalue weighted by atomic mass is 10.2. The third kappa shape index (κ3) is 3.93. The lowest BCUT2D eigenvalue weighted by Crippen LogP contribution is -2.11. The smallest absolute Gasteiger partial charge is 0.308 e. The van der Waals surface area contributed by atoms with E-state index in [-0.39, 0.29) is 5.91 Å². The van der Waals surface area contributed by atoms with Crippen molar-refractivity contribution in [2.75, 3.05) is 5.32 Å². The minimum atomic E-state index is -0.392. The van der Waals surface area contributed by atoms with E-state index < -0.39 is 5.97 Å². The van der Waals surface area contributed by atoms with Crippen LogP contribution in [0.1, 0.15) is 17.3 Å². The summed E-state index contributed by atoms with van der Waals surface area (Å²) in [4.78, 5) is 22.8. The third-order valence-electron chi connectivity index (χ3n) is 2.46. The molecule has 0 unspecified atom stereocenters. The molecule has 4 nitrogen and oxygen atoms in total. The van der Waals surface area contributed by atoms with E-state index in [4.69, 9.17) is 4.74 Å². The van der Waals surface area contributed by atoms with Crippen LogP contribution in [-0.4, -0.2) is 11.9 Å². The molecule has 1 amide bonds. The van der Waals surface area contributed by atoms with E-state index in [2.05, 4.69) is 21.2 Å². The first-order valence-corrected chi connectivity index (χ1v) is 6.69. The van der Waals surface area contributed by atoms with Crippen molar-refractivity contribution in [1.29, 1.82) is 0 Å². The Labute approximate surface area is 124 Å². The summed E-state index contributed by atoms with van der Waals surface area (Å²) in [7, 11) is 0. The van der Waals surface area contributed by atoms with Gasteiger partial charge in [-0.3, -0.25) is 9.59 Å². The molecule has 0 aromatic heterocycles. The molecule has 0 aliphatic heterocycles. The molecule has 0 bridgehead atoms. The van der Waals surface area contributed by atoms with Crippen LogP contribution in [0.4, 0.5) is 5.69 Å². The van der Waals surface area contributed by atoms with Crippen molar-refractivity contribution in [3.05, 3.63) is 58.6 Å². The fourth-order valence-electron chi connectivity index (χ4n) is 1.61. The van der Waals surface area contributed by atoms with Crippen LogP contribution in [0, 0.1) is 0 Å². The molecule has 0 heterocycles. The van der Waals surface area contributed by atoms with Crippen LogP contribution in [0.5, 0.6) is 5.75 Å². The molecule has 0 atom stereocenters. The van der Waals surface area contributed by atoms with Crippen LogP contribution < -0.4 is 10.1 Å². The van der Waals surface area contributed by atoms with E-state index in [0.717, 1.165) is 4.47 Å². The number of benzene rings is 2. The fourth-order valence-corrected chi connectivity index (χ4v) is 2.01. The second kappa shape index (κ2) is 6.34. The van der Waals surface area contributed by atoms with Gasteiger partial charge in [-0.1, -0.05) is 22.0 Å². The van der Waals surface area contributed by atoms with E-state index >= 15 is 0 Å². The first-order valence-electron chi connectivity index (χ1n) is 5.90. The molecule has 2 aromatic carbocycles. The van der Waals surface area contributed by atoms with Gasteiger partial charge in [0.25, 0.3) is 5.91 Å². The van der Waals surface area contributed by atoms with Gasteiger partial charge in [-0.15, -0.1) is 0 Å². The van der Waals surface area contributed by atoms with E-state index in [1.54, 1.807) is 30.3 Å². The molecule has 102 valence electrons. The summed E-state index contributed by atoms with van der Waals surface area (Å²) in [5.74, 6) is -0.203. The van der Waals surface area contributed by atoms with Crippen LogP contribution in [0.25, 0.3) is 0 Å². The lowest BCUT2D eigenvalue weighted by Gasteiger charge is -2.06. The van der Waals surface area contributed by atoms with Gasteiger partial charge in [-0.25, -0.2) is 0 Å². The number of anilines is 1. The number of nitrogens with one attached hydrogen (secondary N) is 1. The highest BCUT2D eigenvalue weighted by atomic mass is 79.9. The molecule has 0 saturated heterocycles. The van der Waals surface area contributed by atoms with Crippen molar-refractivity contribution in [2.45, 2.75) is 6.92 Å². The maximum atomic E-state index is 12.0. The van der Waals surface area contributed by atoms with E-state index in [9.17, 15) is 9.59 Å². The molecule has 2 aromatic rings. The highest BCUT2D eigenvalue weighted by molar-refractivity contribution is 9.10. The maximum Gasteiger partial charge on any atom is 0.308 e. The highest BCUT2D eigenvalue weighted by Gasteiger charge is 2.07. The largest absolute Gasteiger partial charge is 0.427 e. The Morgan fingerprint density at radius 1 is 1.10 bits per heavy atom. The molecule has 0 spiro atoms. The standard InChI is InChI=1S/C15H12BrNO3/c1-10(18)20-14-7-5-11(6-8-14)15(19)17-13-4-2-3-12(16)9-13/h2-9H,1H3,(H,17,19). The van der Waals surface area contributed by atoms with Crippen molar-refractivity contribution in [2.24, 2.45) is 0 Å². The predicted octanol–water partition coefficient (Wildman–Crippen LogP) is 3.63.